The zero-order valence-electron chi connectivity index (χ0n) is 13.6. The van der Waals surface area contributed by atoms with Crippen molar-refractivity contribution in [2.24, 2.45) is 0 Å². The zero-order valence-corrected chi connectivity index (χ0v) is 14.4. The highest BCUT2D eigenvalue weighted by molar-refractivity contribution is 7.86. The lowest BCUT2D eigenvalue weighted by Crippen LogP contribution is -2.54. The largest absolute Gasteiger partial charge is 0.475 e. The minimum atomic E-state index is -6.72. The summed E-state index contributed by atoms with van der Waals surface area (Å²) in [5, 5.41) is 4.85. The van der Waals surface area contributed by atoms with Crippen molar-refractivity contribution >= 4 is 22.5 Å². The van der Waals surface area contributed by atoms with Gasteiger partial charge in [-0.2, -0.15) is 30.7 Å². The van der Waals surface area contributed by atoms with Crippen LogP contribution in [-0.4, -0.2) is 45.7 Å². The molecule has 1 aromatic carbocycles. The van der Waals surface area contributed by atoms with E-state index >= 15 is 0 Å². The standard InChI is InChI=1S/C13H10F7NO6S/c1-2-26-10(22)6-27-9-4-3-7(5-8(9)21(23)24)28(25)13(19,20)11(14,15)12(16,17)18/h3-5H,2,6H2,1H3. The van der Waals surface area contributed by atoms with E-state index in [0.29, 0.717) is 12.1 Å². The molecule has 0 radical (unpaired) electrons. The van der Waals surface area contributed by atoms with Gasteiger partial charge in [-0.3, -0.25) is 10.1 Å². The summed E-state index contributed by atoms with van der Waals surface area (Å²) >= 11 is 0. The number of esters is 1. The van der Waals surface area contributed by atoms with Gasteiger partial charge < -0.3 is 9.47 Å². The van der Waals surface area contributed by atoms with E-state index in [9.17, 15) is 49.9 Å². The molecule has 0 heterocycles. The highest BCUT2D eigenvalue weighted by Crippen LogP contribution is 2.49. The van der Waals surface area contributed by atoms with Crippen LogP contribution < -0.4 is 4.74 Å². The first-order valence-corrected chi connectivity index (χ1v) is 8.12. The number of hydrogen-bond donors (Lipinski definition) is 0. The second-order valence-electron chi connectivity index (χ2n) is 4.84. The molecule has 0 aliphatic carbocycles. The number of ether oxygens (including phenoxy) is 2. The normalized spacial score (nSPS) is 13.7. The summed E-state index contributed by atoms with van der Waals surface area (Å²) < 4.78 is 110. The predicted octanol–water partition coefficient (Wildman–Crippen LogP) is 3.43. The van der Waals surface area contributed by atoms with E-state index in [4.69, 9.17) is 4.74 Å². The van der Waals surface area contributed by atoms with Crippen molar-refractivity contribution in [2.45, 2.75) is 29.2 Å². The van der Waals surface area contributed by atoms with Crippen LogP contribution in [0.4, 0.5) is 36.4 Å². The summed E-state index contributed by atoms with van der Waals surface area (Å²) in [5.74, 6) is -8.34. The molecule has 28 heavy (non-hydrogen) atoms. The number of carbonyl (C=O) groups excluding carboxylic acids is 1. The van der Waals surface area contributed by atoms with Crippen LogP contribution >= 0.6 is 0 Å². The lowest BCUT2D eigenvalue weighted by molar-refractivity contribution is -0.386. The molecule has 1 rings (SSSR count). The first kappa shape index (κ1) is 23.6. The zero-order chi connectivity index (χ0) is 21.9. The number of carbonyl (C=O) groups is 1. The van der Waals surface area contributed by atoms with Gasteiger partial charge in [0, 0.05) is 6.07 Å². The summed E-state index contributed by atoms with van der Waals surface area (Å²) in [6.07, 6.45) is -6.72. The highest BCUT2D eigenvalue weighted by Gasteiger charge is 2.76. The molecule has 0 aliphatic rings. The molecule has 0 saturated carbocycles. The Morgan fingerprint density at radius 2 is 1.75 bits per heavy atom. The summed E-state index contributed by atoms with van der Waals surface area (Å²) in [4.78, 5) is 19.5. The van der Waals surface area contributed by atoms with Crippen LogP contribution in [0.5, 0.6) is 5.75 Å². The van der Waals surface area contributed by atoms with Crippen molar-refractivity contribution in [2.75, 3.05) is 13.2 Å². The summed E-state index contributed by atoms with van der Waals surface area (Å²) in [6, 6.07) is 0.966. The van der Waals surface area contributed by atoms with Crippen LogP contribution in [-0.2, 0) is 20.3 Å². The van der Waals surface area contributed by atoms with Gasteiger partial charge in [0.05, 0.1) is 16.4 Å². The first-order valence-electron chi connectivity index (χ1n) is 6.97. The topological polar surface area (TPSA) is 95.7 Å². The van der Waals surface area contributed by atoms with Gasteiger partial charge in [-0.1, -0.05) is 0 Å². The Morgan fingerprint density at radius 3 is 2.21 bits per heavy atom. The van der Waals surface area contributed by atoms with Crippen LogP contribution in [0.15, 0.2) is 23.1 Å². The molecule has 0 bridgehead atoms. The Kier molecular flexibility index (Phi) is 6.98. The quantitative estimate of drug-likeness (QED) is 0.266. The summed E-state index contributed by atoms with van der Waals surface area (Å²) in [5.41, 5.74) is -1.19. The Bertz CT molecular complexity index is 783. The van der Waals surface area contributed by atoms with Gasteiger partial charge in [0.1, 0.15) is 10.8 Å². The molecular formula is C13H10F7NO6S. The molecule has 0 saturated heterocycles. The Morgan fingerprint density at radius 1 is 1.18 bits per heavy atom. The van der Waals surface area contributed by atoms with Gasteiger partial charge in [0.2, 0.25) is 0 Å². The van der Waals surface area contributed by atoms with Gasteiger partial charge in [0.25, 0.3) is 0 Å². The van der Waals surface area contributed by atoms with Crippen LogP contribution in [0.1, 0.15) is 6.92 Å². The van der Waals surface area contributed by atoms with E-state index < -0.39 is 62.0 Å². The van der Waals surface area contributed by atoms with Gasteiger partial charge in [-0.15, -0.1) is 0 Å². The molecule has 0 N–H and O–H groups in total. The fourth-order valence-electron chi connectivity index (χ4n) is 1.65. The number of benzene rings is 1. The van der Waals surface area contributed by atoms with E-state index in [1.807, 2.05) is 0 Å². The average Bonchev–Trinajstić information content (AvgIpc) is 2.58. The highest BCUT2D eigenvalue weighted by atomic mass is 32.2. The molecule has 7 nitrogen and oxygen atoms in total. The smallest absolute Gasteiger partial charge is 0.461 e. The van der Waals surface area contributed by atoms with E-state index in [2.05, 4.69) is 4.74 Å². The van der Waals surface area contributed by atoms with Crippen molar-refractivity contribution in [3.63, 3.8) is 0 Å². The van der Waals surface area contributed by atoms with E-state index in [1.165, 1.54) is 6.92 Å². The minimum Gasteiger partial charge on any atom is -0.475 e. The fraction of sp³-hybridized carbons (Fsp3) is 0.462. The fourth-order valence-corrected chi connectivity index (χ4v) is 2.70. The predicted molar refractivity (Wildman–Crippen MR) is 77.6 cm³/mol. The molecule has 0 aliphatic heterocycles. The third-order valence-corrected chi connectivity index (χ3v) is 4.35. The minimum absolute atomic E-state index is 0.0509. The number of nitro groups is 1. The molecular weight excluding hydrogens is 431 g/mol. The van der Waals surface area contributed by atoms with E-state index in [1.54, 1.807) is 0 Å². The third-order valence-electron chi connectivity index (χ3n) is 2.95. The summed E-state index contributed by atoms with van der Waals surface area (Å²) in [7, 11) is -4.32. The third kappa shape index (κ3) is 4.69. The molecule has 158 valence electrons. The molecule has 1 atom stereocenters. The van der Waals surface area contributed by atoms with Crippen LogP contribution in [0, 0.1) is 10.1 Å². The Balaban J connectivity index is 3.26. The van der Waals surface area contributed by atoms with Crippen molar-refractivity contribution in [1.29, 1.82) is 0 Å². The lowest BCUT2D eigenvalue weighted by atomic mass is 10.3. The number of halogens is 7. The average molecular weight is 441 g/mol. The monoisotopic (exact) mass is 441 g/mol. The SMILES string of the molecule is CCOC(=O)COc1ccc(S(=O)C(F)(F)C(F)(F)C(F)(F)F)cc1[N+](=O)[O-]. The van der Waals surface area contributed by atoms with Gasteiger partial charge in [-0.25, -0.2) is 9.00 Å². The van der Waals surface area contributed by atoms with Crippen LogP contribution in [0.3, 0.4) is 0 Å². The Hall–Kier alpha value is -2.45. The second-order valence-corrected chi connectivity index (χ2v) is 6.36. The number of nitrogens with zero attached hydrogens (tertiary/aromatic N) is 1. The molecule has 1 aromatic rings. The van der Waals surface area contributed by atoms with Crippen LogP contribution in [0.2, 0.25) is 0 Å². The van der Waals surface area contributed by atoms with E-state index in [0.717, 1.165) is 0 Å². The molecule has 0 amide bonds. The second kappa shape index (κ2) is 8.28. The van der Waals surface area contributed by atoms with Crippen molar-refractivity contribution in [3.8, 4) is 5.75 Å². The van der Waals surface area contributed by atoms with Gasteiger partial charge in [-0.05, 0) is 19.1 Å². The van der Waals surface area contributed by atoms with Crippen molar-refractivity contribution in [1.82, 2.24) is 0 Å². The summed E-state index contributed by atoms with van der Waals surface area (Å²) in [6.45, 7) is 0.547. The van der Waals surface area contributed by atoms with Gasteiger partial charge >= 0.3 is 29.0 Å². The first-order chi connectivity index (χ1) is 12.7. The van der Waals surface area contributed by atoms with Crippen molar-refractivity contribution < 1.29 is 54.1 Å². The number of nitro benzene ring substituents is 1. The Labute approximate surface area is 154 Å². The molecule has 15 heteroatoms. The number of hydrogen-bond acceptors (Lipinski definition) is 6. The molecule has 0 fully saturated rings. The van der Waals surface area contributed by atoms with Gasteiger partial charge in [0.15, 0.2) is 12.4 Å². The van der Waals surface area contributed by atoms with Crippen LogP contribution in [0.25, 0.3) is 0 Å². The van der Waals surface area contributed by atoms with Crippen molar-refractivity contribution in [3.05, 3.63) is 28.3 Å². The number of rotatable bonds is 8. The maximum atomic E-state index is 13.5. The maximum Gasteiger partial charge on any atom is 0.461 e. The molecule has 1 unspecified atom stereocenters. The molecule has 0 spiro atoms. The number of alkyl halides is 7. The molecule has 0 aromatic heterocycles. The lowest BCUT2D eigenvalue weighted by Gasteiger charge is -2.27. The maximum absolute atomic E-state index is 13.5. The van der Waals surface area contributed by atoms with E-state index in [-0.39, 0.29) is 12.7 Å².